The number of aromatic nitrogens is 4. The Balaban J connectivity index is 0.000000138. The molecule has 6 heteroatoms. The molecule has 4 aromatic rings. The van der Waals surface area contributed by atoms with E-state index in [1.807, 2.05) is 60.7 Å². The summed E-state index contributed by atoms with van der Waals surface area (Å²) >= 11 is -0.214. The van der Waals surface area contributed by atoms with E-state index in [0.29, 0.717) is 11.0 Å². The van der Waals surface area contributed by atoms with E-state index >= 15 is 0 Å². The summed E-state index contributed by atoms with van der Waals surface area (Å²) < 4.78 is 7.80. The van der Waals surface area contributed by atoms with Crippen molar-refractivity contribution in [2.45, 2.75) is 64.8 Å². The zero-order valence-corrected chi connectivity index (χ0v) is 25.4. The standard InChI is InChI=1S/C10H8N2.C10H15N.C5H10.2C4H4N.Mo/c1-3-7-11-9(5-1)10-6-2-4-8-12-10;11-10-4-7-1-8(5-10)3-9(2-7)6-10;1-5(2,3)4;2*1-2-4-5-3-1;/h1-8H;7-9H,1-6H2;1H,2-4H3;2*1-4H;/q;;;2*-1;+2. The Bertz CT molecular complexity index is 1110. The van der Waals surface area contributed by atoms with E-state index in [1.165, 1.54) is 38.5 Å². The first-order chi connectivity index (χ1) is 18.9. The van der Waals surface area contributed by atoms with E-state index in [4.69, 9.17) is 3.50 Å². The summed E-state index contributed by atoms with van der Waals surface area (Å²) in [5, 5.41) is 0. The molecule has 0 radical (unpaired) electrons. The molecule has 0 saturated heterocycles. The van der Waals surface area contributed by atoms with Crippen molar-refractivity contribution < 1.29 is 17.9 Å². The van der Waals surface area contributed by atoms with Crippen molar-refractivity contribution in [3.63, 3.8) is 0 Å². The number of pyridine rings is 2. The Hall–Kier alpha value is -2.78. The average Bonchev–Trinajstić information content (AvgIpc) is 3.69. The van der Waals surface area contributed by atoms with Crippen LogP contribution in [-0.4, -0.2) is 19.9 Å². The fourth-order valence-electron chi connectivity index (χ4n) is 6.00. The molecule has 0 N–H and O–H groups in total. The summed E-state index contributed by atoms with van der Waals surface area (Å²) in [6, 6.07) is 19.2. The number of hydrogen-bond donors (Lipinski definition) is 0. The molecule has 4 aliphatic carbocycles. The number of rotatable bonds is 2. The Labute approximate surface area is 242 Å². The molecule has 0 amide bonds. The summed E-state index contributed by atoms with van der Waals surface area (Å²) in [5.74, 6) is 3.14. The first kappa shape index (κ1) is 29.2. The molecular formula is C33H41MoN5. The van der Waals surface area contributed by atoms with E-state index in [1.54, 1.807) is 37.2 Å². The predicted molar refractivity (Wildman–Crippen MR) is 156 cm³/mol. The van der Waals surface area contributed by atoms with Crippen molar-refractivity contribution in [3.05, 3.63) is 97.8 Å². The predicted octanol–water partition coefficient (Wildman–Crippen LogP) is 7.50. The van der Waals surface area contributed by atoms with E-state index in [-0.39, 0.29) is 17.9 Å². The monoisotopic (exact) mass is 605 g/mol. The van der Waals surface area contributed by atoms with Crippen LogP contribution in [0.25, 0.3) is 11.4 Å². The van der Waals surface area contributed by atoms with Crippen LogP contribution in [0.1, 0.15) is 59.3 Å². The van der Waals surface area contributed by atoms with Crippen LogP contribution in [0.3, 0.4) is 0 Å². The summed E-state index contributed by atoms with van der Waals surface area (Å²) in [5.41, 5.74) is 2.68. The van der Waals surface area contributed by atoms with Crippen LogP contribution < -0.4 is 9.97 Å². The molecule has 0 aliphatic heterocycles. The SMILES string of the molecule is CC(C)(C)[CH]=[Mo+2]=[N]C12CC3CC(CC(C3)C1)C2.c1cc[n-]c1.c1cc[n-]c1.c1ccc(-c2ccccn2)nc1. The van der Waals surface area contributed by atoms with Crippen LogP contribution in [0, 0.1) is 23.2 Å². The van der Waals surface area contributed by atoms with Crippen molar-refractivity contribution in [2.75, 3.05) is 0 Å². The maximum Gasteiger partial charge on any atom is 0.0886 e. The zero-order valence-electron chi connectivity index (χ0n) is 23.4. The number of hydrogen-bond acceptors (Lipinski definition) is 3. The molecule has 4 fully saturated rings. The van der Waals surface area contributed by atoms with Gasteiger partial charge in [0.2, 0.25) is 0 Å². The Morgan fingerprint density at radius 3 is 1.46 bits per heavy atom. The fourth-order valence-corrected chi connectivity index (χ4v) is 8.00. The quantitative estimate of drug-likeness (QED) is 0.223. The molecule has 5 nitrogen and oxygen atoms in total. The van der Waals surface area contributed by atoms with Crippen molar-refractivity contribution in [3.8, 4) is 11.4 Å². The Kier molecular flexibility index (Phi) is 10.9. The van der Waals surface area contributed by atoms with E-state index < -0.39 is 0 Å². The minimum absolute atomic E-state index is 0.214. The Morgan fingerprint density at radius 2 is 1.15 bits per heavy atom. The van der Waals surface area contributed by atoms with Gasteiger partial charge < -0.3 is 9.97 Å². The van der Waals surface area contributed by atoms with Crippen LogP contribution in [0.5, 0.6) is 0 Å². The first-order valence-corrected chi connectivity index (χ1v) is 16.0. The molecule has 0 atom stereocenters. The third-order valence-corrected chi connectivity index (χ3v) is 10.4. The van der Waals surface area contributed by atoms with Crippen LogP contribution in [-0.2, 0) is 17.9 Å². The third-order valence-electron chi connectivity index (χ3n) is 7.16. The molecule has 4 heterocycles. The summed E-state index contributed by atoms with van der Waals surface area (Å²) in [7, 11) is 0. The van der Waals surface area contributed by atoms with Gasteiger partial charge in [-0.25, -0.2) is 0 Å². The maximum absolute atomic E-state index is 5.28. The average molecular weight is 604 g/mol. The van der Waals surface area contributed by atoms with E-state index in [0.717, 1.165) is 29.1 Å². The van der Waals surface area contributed by atoms with Crippen LogP contribution in [0.15, 0.2) is 101 Å². The van der Waals surface area contributed by atoms with Crippen LogP contribution >= 0.6 is 0 Å². The van der Waals surface area contributed by atoms with Gasteiger partial charge in [-0.1, -0.05) is 36.4 Å². The molecule has 0 aromatic carbocycles. The van der Waals surface area contributed by atoms with E-state index in [9.17, 15) is 0 Å². The van der Waals surface area contributed by atoms with Gasteiger partial charge in [0.1, 0.15) is 0 Å². The second-order valence-corrected chi connectivity index (χ2v) is 13.5. The van der Waals surface area contributed by atoms with Crippen LogP contribution in [0.2, 0.25) is 0 Å². The topological polar surface area (TPSA) is 66.3 Å². The van der Waals surface area contributed by atoms with Gasteiger partial charge in [-0.3, -0.25) is 9.97 Å². The van der Waals surface area contributed by atoms with Gasteiger partial charge in [0, 0.05) is 12.4 Å². The minimum atomic E-state index is -0.214. The second kappa shape index (κ2) is 14.6. The smallest absolute Gasteiger partial charge is 0.0886 e. The fraction of sp³-hybridized carbons (Fsp3) is 0.424. The van der Waals surface area contributed by atoms with Gasteiger partial charge in [0.25, 0.3) is 0 Å². The molecule has 8 rings (SSSR count). The molecule has 4 aliphatic rings. The molecule has 4 aromatic heterocycles. The summed E-state index contributed by atoms with van der Waals surface area (Å²) in [6.07, 6.45) is 19.5. The van der Waals surface area contributed by atoms with Gasteiger partial charge in [0.05, 0.1) is 11.4 Å². The normalized spacial score (nSPS) is 23.9. The zero-order chi connectivity index (χ0) is 27.4. The third kappa shape index (κ3) is 10.0. The molecule has 0 unspecified atom stereocenters. The van der Waals surface area contributed by atoms with Gasteiger partial charge in [-0.2, -0.15) is 24.8 Å². The first-order valence-electron chi connectivity index (χ1n) is 14.0. The van der Waals surface area contributed by atoms with Gasteiger partial charge >= 0.3 is 114 Å². The van der Waals surface area contributed by atoms with Gasteiger partial charge in [0.15, 0.2) is 0 Å². The molecule has 4 bridgehead atoms. The van der Waals surface area contributed by atoms with E-state index in [2.05, 4.69) is 45.1 Å². The van der Waals surface area contributed by atoms with Crippen molar-refractivity contribution in [1.82, 2.24) is 19.9 Å². The molecule has 204 valence electrons. The van der Waals surface area contributed by atoms with Gasteiger partial charge in [-0.15, -0.1) is 0 Å². The van der Waals surface area contributed by atoms with Gasteiger partial charge in [-0.05, 0) is 24.3 Å². The largest absolute Gasteiger partial charge is 0.670 e. The van der Waals surface area contributed by atoms with Crippen molar-refractivity contribution in [2.24, 2.45) is 26.7 Å². The summed E-state index contributed by atoms with van der Waals surface area (Å²) in [6.45, 7) is 6.94. The molecule has 4 saturated carbocycles. The minimum Gasteiger partial charge on any atom is -0.670 e. The molecule has 0 spiro atoms. The van der Waals surface area contributed by atoms with Crippen LogP contribution in [0.4, 0.5) is 0 Å². The maximum atomic E-state index is 5.28. The second-order valence-electron chi connectivity index (χ2n) is 11.9. The van der Waals surface area contributed by atoms with Crippen molar-refractivity contribution in [1.29, 1.82) is 0 Å². The Morgan fingerprint density at radius 1 is 0.718 bits per heavy atom. The number of nitrogens with zero attached hydrogens (tertiary/aromatic N) is 5. The van der Waals surface area contributed by atoms with Crippen molar-refractivity contribution >= 4 is 4.40 Å². The molecular weight excluding hydrogens is 562 g/mol. The summed E-state index contributed by atoms with van der Waals surface area (Å²) in [4.78, 5) is 15.8. The molecule has 39 heavy (non-hydrogen) atoms.